The summed E-state index contributed by atoms with van der Waals surface area (Å²) in [4.78, 5) is 12.8. The molecule has 29 heavy (non-hydrogen) atoms. The second kappa shape index (κ2) is 12.1. The molecule has 1 atom stereocenters. The number of aliphatic imine (C=N–C) groups is 1. The SMILES string of the molecule is CCNC(=NCc1cn2ccsc2n1)NCC(c1ccccc1)N(CC)CC.I. The van der Waals surface area contributed by atoms with Gasteiger partial charge in [-0.25, -0.2) is 9.98 Å². The molecule has 0 saturated carbocycles. The maximum atomic E-state index is 4.74. The summed E-state index contributed by atoms with van der Waals surface area (Å²) in [6, 6.07) is 11.0. The number of halogens is 1. The number of likely N-dealkylation sites (N-methyl/N-ethyl adjacent to an activating group) is 1. The Hall–Kier alpha value is -1.65. The maximum Gasteiger partial charge on any atom is 0.193 e. The number of benzene rings is 1. The molecular formula is C21H31IN6S. The zero-order valence-electron chi connectivity index (χ0n) is 17.3. The molecule has 0 saturated heterocycles. The lowest BCUT2D eigenvalue weighted by Gasteiger charge is -2.30. The molecule has 8 heteroatoms. The number of rotatable bonds is 9. The van der Waals surface area contributed by atoms with E-state index in [-0.39, 0.29) is 24.0 Å². The summed E-state index contributed by atoms with van der Waals surface area (Å²) in [5, 5.41) is 8.92. The molecule has 1 aromatic carbocycles. The molecule has 0 radical (unpaired) electrons. The van der Waals surface area contributed by atoms with Crippen molar-refractivity contribution in [2.24, 2.45) is 4.99 Å². The van der Waals surface area contributed by atoms with Crippen molar-refractivity contribution in [3.05, 3.63) is 59.4 Å². The summed E-state index contributed by atoms with van der Waals surface area (Å²) in [6.45, 7) is 10.7. The van der Waals surface area contributed by atoms with Gasteiger partial charge in [0, 0.05) is 30.9 Å². The third-order valence-electron chi connectivity index (χ3n) is 4.79. The number of nitrogens with one attached hydrogen (secondary N) is 2. The third kappa shape index (κ3) is 6.42. The standard InChI is InChI=1S/C21H30N6S.HI/c1-4-22-20(23-14-18-16-27-12-13-28-21(27)25-18)24-15-19(26(5-2)6-3)17-10-8-7-9-11-17;/h7-13,16,19H,4-6,14-15H2,1-3H3,(H2,22,23,24);1H. The topological polar surface area (TPSA) is 57.0 Å². The summed E-state index contributed by atoms with van der Waals surface area (Å²) in [5.74, 6) is 0.826. The van der Waals surface area contributed by atoms with E-state index in [1.54, 1.807) is 11.3 Å². The number of hydrogen-bond donors (Lipinski definition) is 2. The number of aromatic nitrogens is 2. The fourth-order valence-corrected chi connectivity index (χ4v) is 4.06. The molecule has 158 valence electrons. The third-order valence-corrected chi connectivity index (χ3v) is 5.56. The van der Waals surface area contributed by atoms with E-state index in [1.807, 2.05) is 22.2 Å². The summed E-state index contributed by atoms with van der Waals surface area (Å²) >= 11 is 1.64. The second-order valence-electron chi connectivity index (χ2n) is 6.55. The van der Waals surface area contributed by atoms with Crippen LogP contribution in [-0.4, -0.2) is 46.4 Å². The summed E-state index contributed by atoms with van der Waals surface area (Å²) in [6.07, 6.45) is 4.07. The molecule has 2 aromatic heterocycles. The lowest BCUT2D eigenvalue weighted by Crippen LogP contribution is -2.43. The predicted molar refractivity (Wildman–Crippen MR) is 133 cm³/mol. The number of hydrogen-bond acceptors (Lipinski definition) is 4. The Balaban J connectivity index is 0.00000300. The van der Waals surface area contributed by atoms with Gasteiger partial charge in [-0.05, 0) is 25.6 Å². The van der Waals surface area contributed by atoms with Crippen molar-refractivity contribution in [2.75, 3.05) is 26.2 Å². The van der Waals surface area contributed by atoms with Gasteiger partial charge in [-0.15, -0.1) is 35.3 Å². The van der Waals surface area contributed by atoms with E-state index >= 15 is 0 Å². The number of fused-ring (bicyclic) bond motifs is 1. The van der Waals surface area contributed by atoms with E-state index in [4.69, 9.17) is 4.99 Å². The van der Waals surface area contributed by atoms with Crippen molar-refractivity contribution >= 4 is 46.2 Å². The molecule has 2 heterocycles. The van der Waals surface area contributed by atoms with Crippen LogP contribution in [0.25, 0.3) is 4.96 Å². The highest BCUT2D eigenvalue weighted by Gasteiger charge is 2.18. The molecule has 3 aromatic rings. The highest BCUT2D eigenvalue weighted by Crippen LogP contribution is 2.19. The van der Waals surface area contributed by atoms with Gasteiger partial charge in [0.05, 0.1) is 18.3 Å². The van der Waals surface area contributed by atoms with Crippen LogP contribution >= 0.6 is 35.3 Å². The molecule has 0 aliphatic heterocycles. The molecule has 0 amide bonds. The van der Waals surface area contributed by atoms with Gasteiger partial charge in [0.2, 0.25) is 0 Å². The quantitative estimate of drug-likeness (QED) is 0.250. The Labute approximate surface area is 194 Å². The molecule has 0 spiro atoms. The van der Waals surface area contributed by atoms with E-state index in [9.17, 15) is 0 Å². The first-order chi connectivity index (χ1) is 13.7. The van der Waals surface area contributed by atoms with Gasteiger partial charge >= 0.3 is 0 Å². The average Bonchev–Trinajstić information content (AvgIpc) is 3.31. The predicted octanol–water partition coefficient (Wildman–Crippen LogP) is 4.15. The van der Waals surface area contributed by atoms with Crippen LogP contribution in [0.4, 0.5) is 0 Å². The van der Waals surface area contributed by atoms with E-state index in [2.05, 4.69) is 71.6 Å². The molecular weight excluding hydrogens is 495 g/mol. The van der Waals surface area contributed by atoms with E-state index < -0.39 is 0 Å². The maximum absolute atomic E-state index is 4.74. The zero-order valence-corrected chi connectivity index (χ0v) is 20.5. The van der Waals surface area contributed by atoms with Crippen molar-refractivity contribution in [1.82, 2.24) is 24.9 Å². The zero-order chi connectivity index (χ0) is 19.8. The molecule has 2 N–H and O–H groups in total. The highest BCUT2D eigenvalue weighted by molar-refractivity contribution is 14.0. The first-order valence-corrected chi connectivity index (χ1v) is 10.8. The van der Waals surface area contributed by atoms with Crippen molar-refractivity contribution in [1.29, 1.82) is 0 Å². The van der Waals surface area contributed by atoms with Gasteiger partial charge in [0.25, 0.3) is 0 Å². The van der Waals surface area contributed by atoms with Gasteiger partial charge in [0.15, 0.2) is 10.9 Å². The molecule has 6 nitrogen and oxygen atoms in total. The smallest absolute Gasteiger partial charge is 0.193 e. The minimum absolute atomic E-state index is 0. The van der Waals surface area contributed by atoms with E-state index in [1.165, 1.54) is 5.56 Å². The first-order valence-electron chi connectivity index (χ1n) is 9.97. The summed E-state index contributed by atoms with van der Waals surface area (Å²) < 4.78 is 2.04. The Morgan fingerprint density at radius 1 is 1.17 bits per heavy atom. The average molecular weight is 526 g/mol. The molecule has 0 aliphatic carbocycles. The second-order valence-corrected chi connectivity index (χ2v) is 7.42. The minimum atomic E-state index is 0. The number of thiazole rings is 1. The minimum Gasteiger partial charge on any atom is -0.357 e. The number of guanidine groups is 1. The Morgan fingerprint density at radius 2 is 1.93 bits per heavy atom. The largest absolute Gasteiger partial charge is 0.357 e. The molecule has 3 rings (SSSR count). The van der Waals surface area contributed by atoms with Crippen molar-refractivity contribution in [3.8, 4) is 0 Å². The normalized spacial score (nSPS) is 12.8. The van der Waals surface area contributed by atoms with Crippen LogP contribution < -0.4 is 10.6 Å². The Morgan fingerprint density at radius 3 is 2.59 bits per heavy atom. The fraction of sp³-hybridized carbons (Fsp3) is 0.429. The molecule has 0 fully saturated rings. The van der Waals surface area contributed by atoms with Crippen LogP contribution in [0.15, 0.2) is 53.1 Å². The first kappa shape index (κ1) is 23.6. The van der Waals surface area contributed by atoms with Crippen LogP contribution in [0.5, 0.6) is 0 Å². The van der Waals surface area contributed by atoms with Crippen LogP contribution in [0.1, 0.15) is 38.1 Å². The van der Waals surface area contributed by atoms with E-state index in [0.29, 0.717) is 12.6 Å². The van der Waals surface area contributed by atoms with Gasteiger partial charge in [0.1, 0.15) is 0 Å². The van der Waals surface area contributed by atoms with E-state index in [0.717, 1.165) is 42.8 Å². The summed E-state index contributed by atoms with van der Waals surface area (Å²) in [7, 11) is 0. The van der Waals surface area contributed by atoms with Crippen LogP contribution in [0, 0.1) is 0 Å². The number of imidazole rings is 1. The Kier molecular flexibility index (Phi) is 9.89. The molecule has 1 unspecified atom stereocenters. The van der Waals surface area contributed by atoms with Crippen molar-refractivity contribution < 1.29 is 0 Å². The monoisotopic (exact) mass is 526 g/mol. The van der Waals surface area contributed by atoms with Crippen molar-refractivity contribution in [2.45, 2.75) is 33.4 Å². The lowest BCUT2D eigenvalue weighted by molar-refractivity contribution is 0.219. The van der Waals surface area contributed by atoms with Gasteiger partial charge in [-0.1, -0.05) is 44.2 Å². The van der Waals surface area contributed by atoms with Crippen molar-refractivity contribution in [3.63, 3.8) is 0 Å². The van der Waals surface area contributed by atoms with Gasteiger partial charge < -0.3 is 10.6 Å². The fourth-order valence-electron chi connectivity index (χ4n) is 3.34. The lowest BCUT2D eigenvalue weighted by atomic mass is 10.1. The van der Waals surface area contributed by atoms with Gasteiger partial charge in [-0.3, -0.25) is 9.30 Å². The highest BCUT2D eigenvalue weighted by atomic mass is 127. The van der Waals surface area contributed by atoms with Gasteiger partial charge in [-0.2, -0.15) is 0 Å². The van der Waals surface area contributed by atoms with Crippen LogP contribution in [0.3, 0.4) is 0 Å². The summed E-state index contributed by atoms with van der Waals surface area (Å²) in [5.41, 5.74) is 2.30. The Bertz CT molecular complexity index is 843. The van der Waals surface area contributed by atoms with Crippen LogP contribution in [-0.2, 0) is 6.54 Å². The molecule has 0 aliphatic rings. The molecule has 0 bridgehead atoms. The number of nitrogens with zero attached hydrogens (tertiary/aromatic N) is 4. The van der Waals surface area contributed by atoms with Crippen LogP contribution in [0.2, 0.25) is 0 Å².